The second kappa shape index (κ2) is 12.0. The first-order valence-electron chi connectivity index (χ1n) is 13.2. The largest absolute Gasteiger partial charge is 0.326 e. The molecule has 0 bridgehead atoms. The molecule has 2 aromatic heterocycles. The second-order valence-corrected chi connectivity index (χ2v) is 10.1. The fraction of sp³-hybridized carbons (Fsp3) is 0.448. The molecular weight excluding hydrogens is 484 g/mol. The number of fused-ring (bicyclic) bond motifs is 1. The molecule has 0 amide bonds. The number of aromatic nitrogens is 3. The molecule has 0 spiro atoms. The van der Waals surface area contributed by atoms with E-state index >= 15 is 4.39 Å². The summed E-state index contributed by atoms with van der Waals surface area (Å²) in [6.45, 7) is 19.2. The molecule has 0 unspecified atom stereocenters. The van der Waals surface area contributed by atoms with Gasteiger partial charge >= 0.3 is 0 Å². The molecule has 3 aromatic rings. The zero-order valence-electron chi connectivity index (χ0n) is 23.0. The standard InChI is InChI=1S/C29H37F2N7/c1-7-36-10-12-37(13-11-36)18-22-8-9-24(33-17-22)16-27(32-6)35-28(20(4)30)23-14-25(31)29-26(15-23)38(19(2)3)21(5)34-29/h8-9,14-15,17,19H,6-7,10-13,16,18H2,1-5H3/b28-20+,35-27?. The molecule has 7 nitrogen and oxygen atoms in total. The molecule has 3 heterocycles. The number of aryl methyl sites for hydroxylation is 1. The Morgan fingerprint density at radius 3 is 2.42 bits per heavy atom. The molecule has 1 fully saturated rings. The van der Waals surface area contributed by atoms with E-state index in [0.717, 1.165) is 50.5 Å². The zero-order chi connectivity index (χ0) is 27.4. The van der Waals surface area contributed by atoms with Crippen LogP contribution in [0.4, 0.5) is 8.78 Å². The van der Waals surface area contributed by atoms with E-state index in [2.05, 4.69) is 49.5 Å². The molecule has 38 heavy (non-hydrogen) atoms. The number of piperazine rings is 1. The summed E-state index contributed by atoms with van der Waals surface area (Å²) in [7, 11) is 0. The average molecular weight is 522 g/mol. The van der Waals surface area contributed by atoms with Gasteiger partial charge in [0.25, 0.3) is 0 Å². The van der Waals surface area contributed by atoms with Gasteiger partial charge in [-0.15, -0.1) is 0 Å². The SMILES string of the molecule is C=NC(Cc1ccc(CN2CCN(CC)CC2)cn1)=N/C(=C(\C)F)c1cc(F)c2nc(C)n(C(C)C)c2c1. The first kappa shape index (κ1) is 27.7. The first-order chi connectivity index (χ1) is 18.2. The molecule has 1 aliphatic rings. The van der Waals surface area contributed by atoms with Crippen molar-refractivity contribution in [3.8, 4) is 0 Å². The van der Waals surface area contributed by atoms with Crippen LogP contribution in [-0.4, -0.2) is 69.6 Å². The monoisotopic (exact) mass is 521 g/mol. The maximum absolute atomic E-state index is 15.0. The van der Waals surface area contributed by atoms with Crippen LogP contribution < -0.4 is 0 Å². The van der Waals surface area contributed by atoms with Crippen molar-refractivity contribution < 1.29 is 8.78 Å². The minimum atomic E-state index is -0.538. The lowest BCUT2D eigenvalue weighted by atomic mass is 10.1. The lowest BCUT2D eigenvalue weighted by molar-refractivity contribution is 0.132. The van der Waals surface area contributed by atoms with Gasteiger partial charge in [0.05, 0.1) is 5.52 Å². The Balaban J connectivity index is 1.54. The summed E-state index contributed by atoms with van der Waals surface area (Å²) < 4.78 is 31.7. The van der Waals surface area contributed by atoms with Gasteiger partial charge in [-0.3, -0.25) is 9.88 Å². The Morgan fingerprint density at radius 1 is 1.13 bits per heavy atom. The Hall–Kier alpha value is -3.30. The number of imidazole rings is 1. The van der Waals surface area contributed by atoms with Crippen LogP contribution in [0.5, 0.6) is 0 Å². The quantitative estimate of drug-likeness (QED) is 0.286. The first-order valence-corrected chi connectivity index (χ1v) is 13.2. The molecule has 9 heteroatoms. The average Bonchev–Trinajstić information content (AvgIpc) is 3.24. The fourth-order valence-electron chi connectivity index (χ4n) is 4.99. The highest BCUT2D eigenvalue weighted by molar-refractivity contribution is 5.93. The van der Waals surface area contributed by atoms with Gasteiger partial charge in [-0.2, -0.15) is 0 Å². The highest BCUT2D eigenvalue weighted by Gasteiger charge is 2.19. The number of aliphatic imine (C=N–C) groups is 2. The van der Waals surface area contributed by atoms with Gasteiger partial charge in [-0.05, 0) is 64.7 Å². The predicted octanol–water partition coefficient (Wildman–Crippen LogP) is 5.60. The van der Waals surface area contributed by atoms with Gasteiger partial charge in [0.15, 0.2) is 5.82 Å². The lowest BCUT2D eigenvalue weighted by Gasteiger charge is -2.33. The van der Waals surface area contributed by atoms with Crippen molar-refractivity contribution in [3.63, 3.8) is 0 Å². The maximum atomic E-state index is 15.0. The van der Waals surface area contributed by atoms with E-state index in [4.69, 9.17) is 0 Å². The summed E-state index contributed by atoms with van der Waals surface area (Å²) in [6, 6.07) is 7.08. The van der Waals surface area contributed by atoms with E-state index < -0.39 is 11.6 Å². The molecule has 4 rings (SSSR count). The second-order valence-electron chi connectivity index (χ2n) is 10.1. The van der Waals surface area contributed by atoms with Gasteiger partial charge in [0.1, 0.15) is 28.7 Å². The van der Waals surface area contributed by atoms with Crippen LogP contribution in [0.15, 0.2) is 46.3 Å². The number of allylic oxidation sites excluding steroid dienone is 1. The van der Waals surface area contributed by atoms with Crippen LogP contribution in [-0.2, 0) is 13.0 Å². The van der Waals surface area contributed by atoms with Crippen molar-refractivity contribution in [1.29, 1.82) is 0 Å². The normalized spacial score (nSPS) is 16.4. The Bertz CT molecular complexity index is 1340. The third-order valence-corrected chi connectivity index (χ3v) is 7.01. The molecule has 202 valence electrons. The molecule has 0 saturated carbocycles. The van der Waals surface area contributed by atoms with Crippen molar-refractivity contribution in [2.24, 2.45) is 9.98 Å². The molecule has 0 atom stereocenters. The van der Waals surface area contributed by atoms with Crippen LogP contribution in [0.1, 0.15) is 56.4 Å². The number of hydrogen-bond donors (Lipinski definition) is 0. The molecule has 0 radical (unpaired) electrons. The molecule has 0 N–H and O–H groups in total. The van der Waals surface area contributed by atoms with E-state index in [1.54, 1.807) is 6.07 Å². The highest BCUT2D eigenvalue weighted by atomic mass is 19.1. The van der Waals surface area contributed by atoms with Gasteiger partial charge < -0.3 is 9.47 Å². The Labute approximate surface area is 223 Å². The third-order valence-electron chi connectivity index (χ3n) is 7.01. The van der Waals surface area contributed by atoms with Crippen LogP contribution in [0.25, 0.3) is 16.7 Å². The minimum Gasteiger partial charge on any atom is -0.326 e. The number of halogens is 2. The van der Waals surface area contributed by atoms with Gasteiger partial charge in [0, 0.05) is 62.6 Å². The van der Waals surface area contributed by atoms with Crippen molar-refractivity contribution in [1.82, 2.24) is 24.3 Å². The molecule has 1 aliphatic heterocycles. The number of amidine groups is 1. The molecule has 0 aliphatic carbocycles. The van der Waals surface area contributed by atoms with E-state index in [-0.39, 0.29) is 23.7 Å². The van der Waals surface area contributed by atoms with Crippen LogP contribution in [0, 0.1) is 12.7 Å². The summed E-state index contributed by atoms with van der Waals surface area (Å²) in [5, 5.41) is 0. The summed E-state index contributed by atoms with van der Waals surface area (Å²) in [6.07, 6.45) is 2.15. The van der Waals surface area contributed by atoms with Crippen LogP contribution >= 0.6 is 0 Å². The van der Waals surface area contributed by atoms with Gasteiger partial charge in [-0.25, -0.2) is 23.7 Å². The third kappa shape index (κ3) is 6.22. The summed E-state index contributed by atoms with van der Waals surface area (Å²) >= 11 is 0. The van der Waals surface area contributed by atoms with Crippen molar-refractivity contribution >= 4 is 29.3 Å². The van der Waals surface area contributed by atoms with Crippen LogP contribution in [0.2, 0.25) is 0 Å². The zero-order valence-corrected chi connectivity index (χ0v) is 23.0. The number of pyridine rings is 1. The fourth-order valence-corrected chi connectivity index (χ4v) is 4.99. The van der Waals surface area contributed by atoms with Crippen LogP contribution in [0.3, 0.4) is 0 Å². The van der Waals surface area contributed by atoms with E-state index in [1.165, 1.54) is 13.0 Å². The predicted molar refractivity (Wildman–Crippen MR) is 151 cm³/mol. The van der Waals surface area contributed by atoms with Crippen molar-refractivity contribution in [2.75, 3.05) is 32.7 Å². The Kier molecular flexibility index (Phi) is 8.79. The summed E-state index contributed by atoms with van der Waals surface area (Å²) in [5.41, 5.74) is 3.10. The molecule has 1 aromatic carbocycles. The number of hydrogen-bond acceptors (Lipinski definition) is 5. The van der Waals surface area contributed by atoms with Crippen molar-refractivity contribution in [2.45, 2.75) is 53.6 Å². The molecule has 1 saturated heterocycles. The van der Waals surface area contributed by atoms with E-state index in [1.807, 2.05) is 37.6 Å². The van der Waals surface area contributed by atoms with Gasteiger partial charge in [-0.1, -0.05) is 13.0 Å². The van der Waals surface area contributed by atoms with Gasteiger partial charge in [0.2, 0.25) is 0 Å². The summed E-state index contributed by atoms with van der Waals surface area (Å²) in [4.78, 5) is 22.3. The summed E-state index contributed by atoms with van der Waals surface area (Å²) in [5.74, 6) is -0.0515. The number of nitrogens with zero attached hydrogens (tertiary/aromatic N) is 7. The van der Waals surface area contributed by atoms with E-state index in [0.29, 0.717) is 22.7 Å². The minimum absolute atomic E-state index is 0.0187. The van der Waals surface area contributed by atoms with E-state index in [9.17, 15) is 4.39 Å². The number of rotatable bonds is 8. The topological polar surface area (TPSA) is 61.9 Å². The Morgan fingerprint density at radius 2 is 1.84 bits per heavy atom. The maximum Gasteiger partial charge on any atom is 0.151 e. The highest BCUT2D eigenvalue weighted by Crippen LogP contribution is 2.30. The smallest absolute Gasteiger partial charge is 0.151 e. The lowest BCUT2D eigenvalue weighted by Crippen LogP contribution is -2.45. The number of benzene rings is 1. The number of likely N-dealkylation sites (N-methyl/N-ethyl adjacent to an activating group) is 1. The van der Waals surface area contributed by atoms with Crippen molar-refractivity contribution in [3.05, 3.63) is 64.8 Å². The molecular formula is C29H37F2N7.